The average Bonchev–Trinajstić information content (AvgIpc) is 2.37. The van der Waals surface area contributed by atoms with Gasteiger partial charge in [-0.15, -0.1) is 6.58 Å². The molecule has 0 aliphatic rings. The molecule has 1 heterocycles. The van der Waals surface area contributed by atoms with E-state index >= 15 is 0 Å². The van der Waals surface area contributed by atoms with Crippen molar-refractivity contribution in [1.82, 2.24) is 4.98 Å². The van der Waals surface area contributed by atoms with E-state index in [1.807, 2.05) is 0 Å². The first-order valence-electron chi connectivity index (χ1n) is 3.26. The molecular weight excluding hydrogens is 142 g/mol. The number of aromatic amines is 1. The molecule has 1 rings (SSSR count). The van der Waals surface area contributed by atoms with Gasteiger partial charge in [-0.2, -0.15) is 0 Å². The zero-order valence-corrected chi connectivity index (χ0v) is 6.00. The highest BCUT2D eigenvalue weighted by atomic mass is 16.4. The van der Waals surface area contributed by atoms with Crippen LogP contribution in [0.5, 0.6) is 0 Å². The zero-order chi connectivity index (χ0) is 8.27. The van der Waals surface area contributed by atoms with Crippen molar-refractivity contribution in [1.29, 1.82) is 0 Å². The molecular formula is C8H9NO2. The van der Waals surface area contributed by atoms with E-state index in [0.29, 0.717) is 6.42 Å². The lowest BCUT2D eigenvalue weighted by atomic mass is 10.3. The van der Waals surface area contributed by atoms with Crippen LogP contribution in [0, 0.1) is 0 Å². The van der Waals surface area contributed by atoms with Crippen molar-refractivity contribution >= 4 is 5.97 Å². The number of hydrogen-bond donors (Lipinski definition) is 2. The zero-order valence-electron chi connectivity index (χ0n) is 6.00. The van der Waals surface area contributed by atoms with E-state index in [-0.39, 0.29) is 5.69 Å². The van der Waals surface area contributed by atoms with Gasteiger partial charge in [0.2, 0.25) is 0 Å². The van der Waals surface area contributed by atoms with E-state index in [2.05, 4.69) is 11.6 Å². The number of aromatic carboxylic acids is 1. The first-order chi connectivity index (χ1) is 5.24. The Labute approximate surface area is 64.4 Å². The number of rotatable bonds is 3. The molecule has 0 aliphatic heterocycles. The minimum Gasteiger partial charge on any atom is -0.477 e. The van der Waals surface area contributed by atoms with Gasteiger partial charge in [-0.25, -0.2) is 4.79 Å². The number of carboxylic acids is 1. The van der Waals surface area contributed by atoms with Gasteiger partial charge in [0.15, 0.2) is 0 Å². The van der Waals surface area contributed by atoms with Crippen LogP contribution in [0.1, 0.15) is 16.2 Å². The van der Waals surface area contributed by atoms with Crippen molar-refractivity contribution in [3.05, 3.63) is 36.2 Å². The van der Waals surface area contributed by atoms with Gasteiger partial charge in [0.1, 0.15) is 5.69 Å². The van der Waals surface area contributed by atoms with Crippen LogP contribution in [0.3, 0.4) is 0 Å². The fraction of sp³-hybridized carbons (Fsp3) is 0.125. The lowest BCUT2D eigenvalue weighted by Gasteiger charge is -1.88. The van der Waals surface area contributed by atoms with E-state index in [0.717, 1.165) is 5.69 Å². The summed E-state index contributed by atoms with van der Waals surface area (Å²) in [5.74, 6) is -0.930. The standard InChI is InChI=1S/C8H9NO2/c1-2-3-6-4-5-7(9-6)8(10)11/h2,4-5,9H,1,3H2,(H,10,11). The minimum atomic E-state index is -0.930. The number of carbonyl (C=O) groups is 1. The maximum absolute atomic E-state index is 10.4. The Morgan fingerprint density at radius 2 is 2.45 bits per heavy atom. The van der Waals surface area contributed by atoms with Gasteiger partial charge in [-0.3, -0.25) is 0 Å². The van der Waals surface area contributed by atoms with Gasteiger partial charge in [-0.1, -0.05) is 6.08 Å². The summed E-state index contributed by atoms with van der Waals surface area (Å²) in [6.07, 6.45) is 2.39. The Balaban J connectivity index is 2.81. The van der Waals surface area contributed by atoms with E-state index in [9.17, 15) is 4.79 Å². The predicted octanol–water partition coefficient (Wildman–Crippen LogP) is 1.44. The molecule has 1 aromatic heterocycles. The molecule has 0 unspecified atom stereocenters. The van der Waals surface area contributed by atoms with E-state index in [1.54, 1.807) is 18.2 Å². The number of allylic oxidation sites excluding steroid dienone is 1. The number of nitrogens with one attached hydrogen (secondary N) is 1. The van der Waals surface area contributed by atoms with Crippen LogP contribution >= 0.6 is 0 Å². The summed E-state index contributed by atoms with van der Waals surface area (Å²) in [6, 6.07) is 3.28. The van der Waals surface area contributed by atoms with Crippen LogP contribution in [0.2, 0.25) is 0 Å². The molecule has 0 fully saturated rings. The molecule has 0 aromatic carbocycles. The smallest absolute Gasteiger partial charge is 0.352 e. The van der Waals surface area contributed by atoms with Crippen LogP contribution in [0.15, 0.2) is 24.8 Å². The number of aromatic nitrogens is 1. The monoisotopic (exact) mass is 151 g/mol. The van der Waals surface area contributed by atoms with Crippen LogP contribution in [-0.4, -0.2) is 16.1 Å². The molecule has 0 spiro atoms. The van der Waals surface area contributed by atoms with Crippen LogP contribution in [0.4, 0.5) is 0 Å². The van der Waals surface area contributed by atoms with Crippen LogP contribution in [-0.2, 0) is 6.42 Å². The normalized spacial score (nSPS) is 9.45. The van der Waals surface area contributed by atoms with Gasteiger partial charge < -0.3 is 10.1 Å². The molecule has 0 atom stereocenters. The molecule has 3 heteroatoms. The summed E-state index contributed by atoms with van der Waals surface area (Å²) in [6.45, 7) is 3.54. The van der Waals surface area contributed by atoms with Crippen molar-refractivity contribution in [2.75, 3.05) is 0 Å². The molecule has 2 N–H and O–H groups in total. The molecule has 1 aromatic rings. The number of hydrogen-bond acceptors (Lipinski definition) is 1. The highest BCUT2D eigenvalue weighted by molar-refractivity contribution is 5.85. The van der Waals surface area contributed by atoms with E-state index < -0.39 is 5.97 Å². The summed E-state index contributed by atoms with van der Waals surface area (Å²) in [4.78, 5) is 13.1. The maximum Gasteiger partial charge on any atom is 0.352 e. The van der Waals surface area contributed by atoms with E-state index in [1.165, 1.54) is 0 Å². The van der Waals surface area contributed by atoms with Crippen molar-refractivity contribution in [3.63, 3.8) is 0 Å². The first kappa shape index (κ1) is 7.60. The third-order valence-corrected chi connectivity index (χ3v) is 1.34. The summed E-state index contributed by atoms with van der Waals surface area (Å²) in [5, 5.41) is 8.51. The molecule has 0 bridgehead atoms. The fourth-order valence-corrected chi connectivity index (χ4v) is 0.840. The van der Waals surface area contributed by atoms with Crippen molar-refractivity contribution in [3.8, 4) is 0 Å². The first-order valence-corrected chi connectivity index (χ1v) is 3.26. The molecule has 0 amide bonds. The Hall–Kier alpha value is -1.51. The van der Waals surface area contributed by atoms with Crippen molar-refractivity contribution in [2.45, 2.75) is 6.42 Å². The second-order valence-electron chi connectivity index (χ2n) is 2.20. The van der Waals surface area contributed by atoms with E-state index in [4.69, 9.17) is 5.11 Å². The molecule has 11 heavy (non-hydrogen) atoms. The largest absolute Gasteiger partial charge is 0.477 e. The molecule has 0 radical (unpaired) electrons. The van der Waals surface area contributed by atoms with Crippen LogP contribution < -0.4 is 0 Å². The Morgan fingerprint density at radius 1 is 1.73 bits per heavy atom. The molecule has 0 aliphatic carbocycles. The SMILES string of the molecule is C=CCc1ccc(C(=O)O)[nH]1. The van der Waals surface area contributed by atoms with Gasteiger partial charge in [-0.05, 0) is 12.1 Å². The van der Waals surface area contributed by atoms with Gasteiger partial charge in [0, 0.05) is 12.1 Å². The molecule has 0 saturated heterocycles. The third kappa shape index (κ3) is 1.70. The highest BCUT2D eigenvalue weighted by Gasteiger charge is 2.03. The topological polar surface area (TPSA) is 53.1 Å². The van der Waals surface area contributed by atoms with Gasteiger partial charge >= 0.3 is 5.97 Å². The number of H-pyrrole nitrogens is 1. The van der Waals surface area contributed by atoms with Crippen molar-refractivity contribution in [2.24, 2.45) is 0 Å². The summed E-state index contributed by atoms with van der Waals surface area (Å²) in [5.41, 5.74) is 1.10. The highest BCUT2D eigenvalue weighted by Crippen LogP contribution is 2.02. The summed E-state index contributed by atoms with van der Waals surface area (Å²) in [7, 11) is 0. The predicted molar refractivity (Wildman–Crippen MR) is 41.7 cm³/mol. The Kier molecular flexibility index (Phi) is 2.11. The second kappa shape index (κ2) is 3.05. The van der Waals surface area contributed by atoms with Crippen molar-refractivity contribution < 1.29 is 9.90 Å². The molecule has 0 saturated carbocycles. The average molecular weight is 151 g/mol. The summed E-state index contributed by atoms with van der Waals surface area (Å²) >= 11 is 0. The fourth-order valence-electron chi connectivity index (χ4n) is 0.840. The minimum absolute atomic E-state index is 0.224. The molecule has 58 valence electrons. The lowest BCUT2D eigenvalue weighted by Crippen LogP contribution is -1.96. The number of carboxylic acid groups (broad SMARTS) is 1. The summed E-state index contributed by atoms with van der Waals surface area (Å²) < 4.78 is 0. The van der Waals surface area contributed by atoms with Gasteiger partial charge in [0.05, 0.1) is 0 Å². The van der Waals surface area contributed by atoms with Gasteiger partial charge in [0.25, 0.3) is 0 Å². The Bertz CT molecular complexity index is 275. The molecule has 3 nitrogen and oxygen atoms in total. The third-order valence-electron chi connectivity index (χ3n) is 1.34. The maximum atomic E-state index is 10.4. The lowest BCUT2D eigenvalue weighted by molar-refractivity contribution is 0.0691. The second-order valence-corrected chi connectivity index (χ2v) is 2.20. The Morgan fingerprint density at radius 3 is 2.91 bits per heavy atom. The quantitative estimate of drug-likeness (QED) is 0.642. The van der Waals surface area contributed by atoms with Crippen LogP contribution in [0.25, 0.3) is 0 Å².